The topological polar surface area (TPSA) is 28.2 Å². The van der Waals surface area contributed by atoms with Gasteiger partial charge in [0.1, 0.15) is 0 Å². The van der Waals surface area contributed by atoms with Gasteiger partial charge < -0.3 is 5.32 Å². The number of nitrogens with zero attached hydrogens (tertiary/aromatic N) is 2. The molecule has 0 aliphatic heterocycles. The molecule has 0 bridgehead atoms. The maximum absolute atomic E-state index is 4.41. The lowest BCUT2D eigenvalue weighted by Gasteiger charge is -2.38. The van der Waals surface area contributed by atoms with Crippen molar-refractivity contribution in [1.29, 1.82) is 0 Å². The van der Waals surface area contributed by atoms with Crippen LogP contribution < -0.4 is 5.32 Å². The normalized spacial score (nSPS) is 19.8. The highest BCUT2D eigenvalue weighted by atomic mass is 32.1. The van der Waals surface area contributed by atoms with Gasteiger partial charge in [-0.1, -0.05) is 13.8 Å². The monoisotopic (exact) mass is 281 g/mol. The summed E-state index contributed by atoms with van der Waals surface area (Å²) in [7, 11) is 2.26. The Morgan fingerprint density at radius 3 is 2.74 bits per heavy atom. The summed E-state index contributed by atoms with van der Waals surface area (Å²) in [6.45, 7) is 8.88. The Balaban J connectivity index is 1.85. The zero-order chi connectivity index (χ0) is 13.9. The molecular weight excluding hydrogens is 254 g/mol. The third-order valence-corrected chi connectivity index (χ3v) is 5.16. The van der Waals surface area contributed by atoms with Gasteiger partial charge >= 0.3 is 0 Å². The summed E-state index contributed by atoms with van der Waals surface area (Å²) < 4.78 is 0. The summed E-state index contributed by atoms with van der Waals surface area (Å²) in [4.78, 5) is 8.28. The Hall–Kier alpha value is -0.610. The van der Waals surface area contributed by atoms with Crippen molar-refractivity contribution in [2.75, 3.05) is 18.9 Å². The van der Waals surface area contributed by atoms with Crippen molar-refractivity contribution in [1.82, 2.24) is 9.88 Å². The van der Waals surface area contributed by atoms with Crippen molar-refractivity contribution in [3.63, 3.8) is 0 Å². The van der Waals surface area contributed by atoms with Gasteiger partial charge in [-0.25, -0.2) is 4.98 Å². The molecule has 1 fully saturated rings. The number of hydrogen-bond acceptors (Lipinski definition) is 4. The van der Waals surface area contributed by atoms with Crippen LogP contribution in [0.5, 0.6) is 0 Å². The minimum absolute atomic E-state index is 0.556. The number of hydrogen-bond donors (Lipinski definition) is 1. The Kier molecular flexibility index (Phi) is 4.85. The lowest BCUT2D eigenvalue weighted by atomic mass is 9.75. The van der Waals surface area contributed by atoms with Crippen LogP contribution in [0.4, 0.5) is 5.13 Å². The van der Waals surface area contributed by atoms with Gasteiger partial charge in [0.05, 0.1) is 0 Å². The van der Waals surface area contributed by atoms with E-state index in [2.05, 4.69) is 43.0 Å². The summed E-state index contributed by atoms with van der Waals surface area (Å²) in [6, 6.07) is 0.748. The fourth-order valence-corrected chi connectivity index (χ4v) is 3.76. The van der Waals surface area contributed by atoms with Gasteiger partial charge in [-0.2, -0.15) is 0 Å². The lowest BCUT2D eigenvalue weighted by molar-refractivity contribution is 0.123. The average Bonchev–Trinajstić information content (AvgIpc) is 2.77. The molecule has 0 radical (unpaired) electrons. The second-order valence-corrected chi connectivity index (χ2v) is 7.59. The van der Waals surface area contributed by atoms with Crippen molar-refractivity contribution in [2.24, 2.45) is 5.41 Å². The first-order valence-corrected chi connectivity index (χ1v) is 8.20. The summed E-state index contributed by atoms with van der Waals surface area (Å²) >= 11 is 1.79. The molecule has 1 heterocycles. The van der Waals surface area contributed by atoms with E-state index in [9.17, 15) is 0 Å². The van der Waals surface area contributed by atoms with Crippen LogP contribution in [0, 0.1) is 5.41 Å². The Bertz CT molecular complexity index is 390. The Morgan fingerprint density at radius 2 is 2.11 bits per heavy atom. The molecular formula is C15H27N3S. The predicted octanol–water partition coefficient (Wildman–Crippen LogP) is 3.98. The van der Waals surface area contributed by atoms with Crippen LogP contribution in [-0.4, -0.2) is 29.5 Å². The highest BCUT2D eigenvalue weighted by Gasteiger charge is 2.28. The quantitative estimate of drug-likeness (QED) is 0.885. The van der Waals surface area contributed by atoms with Gasteiger partial charge in [0.2, 0.25) is 0 Å². The molecule has 2 rings (SSSR count). The van der Waals surface area contributed by atoms with E-state index in [0.717, 1.165) is 24.3 Å². The fraction of sp³-hybridized carbons (Fsp3) is 0.800. The highest BCUT2D eigenvalue weighted by molar-refractivity contribution is 7.15. The van der Waals surface area contributed by atoms with E-state index in [1.165, 1.54) is 30.6 Å². The van der Waals surface area contributed by atoms with E-state index in [4.69, 9.17) is 0 Å². The first kappa shape index (κ1) is 14.8. The SMILES string of the molecule is CCNc1ncc(CN(C)C2CCC(C)(C)CC2)s1. The van der Waals surface area contributed by atoms with Crippen molar-refractivity contribution in [3.05, 3.63) is 11.1 Å². The molecule has 1 aliphatic rings. The van der Waals surface area contributed by atoms with Gasteiger partial charge in [0.15, 0.2) is 5.13 Å². The molecule has 0 saturated heterocycles. The van der Waals surface area contributed by atoms with Crippen LogP contribution in [0.3, 0.4) is 0 Å². The molecule has 19 heavy (non-hydrogen) atoms. The van der Waals surface area contributed by atoms with Gasteiger partial charge in [-0.15, -0.1) is 11.3 Å². The van der Waals surface area contributed by atoms with E-state index in [1.807, 2.05) is 6.20 Å². The predicted molar refractivity (Wildman–Crippen MR) is 83.8 cm³/mol. The largest absolute Gasteiger partial charge is 0.362 e. The molecule has 1 aromatic rings. The average molecular weight is 281 g/mol. The zero-order valence-corrected chi connectivity index (χ0v) is 13.5. The van der Waals surface area contributed by atoms with Crippen LogP contribution in [0.1, 0.15) is 51.3 Å². The van der Waals surface area contributed by atoms with Gasteiger partial charge in [0.25, 0.3) is 0 Å². The number of thiazole rings is 1. The number of rotatable bonds is 5. The van der Waals surface area contributed by atoms with Crippen LogP contribution >= 0.6 is 11.3 Å². The van der Waals surface area contributed by atoms with Crippen molar-refractivity contribution >= 4 is 16.5 Å². The molecule has 0 aromatic carbocycles. The maximum atomic E-state index is 4.41. The summed E-state index contributed by atoms with van der Waals surface area (Å²) in [5.74, 6) is 0. The molecule has 1 aromatic heterocycles. The second-order valence-electron chi connectivity index (χ2n) is 6.47. The van der Waals surface area contributed by atoms with E-state index in [0.29, 0.717) is 5.41 Å². The maximum Gasteiger partial charge on any atom is 0.182 e. The first-order chi connectivity index (χ1) is 9.00. The highest BCUT2D eigenvalue weighted by Crippen LogP contribution is 2.37. The van der Waals surface area contributed by atoms with E-state index in [1.54, 1.807) is 11.3 Å². The number of aromatic nitrogens is 1. The summed E-state index contributed by atoms with van der Waals surface area (Å²) in [5.41, 5.74) is 0.556. The molecule has 0 unspecified atom stereocenters. The minimum Gasteiger partial charge on any atom is -0.362 e. The van der Waals surface area contributed by atoms with Gasteiger partial charge in [0, 0.05) is 30.2 Å². The first-order valence-electron chi connectivity index (χ1n) is 7.39. The fourth-order valence-electron chi connectivity index (χ4n) is 2.81. The molecule has 4 heteroatoms. The summed E-state index contributed by atoms with van der Waals surface area (Å²) in [5, 5.41) is 4.33. The van der Waals surface area contributed by atoms with Crippen molar-refractivity contribution < 1.29 is 0 Å². The van der Waals surface area contributed by atoms with Crippen molar-refractivity contribution in [3.8, 4) is 0 Å². The third-order valence-electron chi connectivity index (χ3n) is 4.22. The number of anilines is 1. The Labute approximate surface area is 121 Å². The summed E-state index contributed by atoms with van der Waals surface area (Å²) in [6.07, 6.45) is 7.40. The Morgan fingerprint density at radius 1 is 1.42 bits per heavy atom. The van der Waals surface area contributed by atoms with Gasteiger partial charge in [-0.3, -0.25) is 4.90 Å². The smallest absolute Gasteiger partial charge is 0.182 e. The number of nitrogens with one attached hydrogen (secondary N) is 1. The zero-order valence-electron chi connectivity index (χ0n) is 12.7. The molecule has 0 atom stereocenters. The molecule has 108 valence electrons. The van der Waals surface area contributed by atoms with E-state index < -0.39 is 0 Å². The van der Waals surface area contributed by atoms with Crippen LogP contribution in [-0.2, 0) is 6.54 Å². The lowest BCUT2D eigenvalue weighted by Crippen LogP contribution is -2.36. The van der Waals surface area contributed by atoms with Crippen molar-refractivity contribution in [2.45, 2.75) is 59.0 Å². The molecule has 3 nitrogen and oxygen atoms in total. The van der Waals surface area contributed by atoms with E-state index >= 15 is 0 Å². The molecule has 1 N–H and O–H groups in total. The van der Waals surface area contributed by atoms with Crippen LogP contribution in [0.15, 0.2) is 6.20 Å². The van der Waals surface area contributed by atoms with Crippen LogP contribution in [0.25, 0.3) is 0 Å². The minimum atomic E-state index is 0.556. The standard InChI is InChI=1S/C15H27N3S/c1-5-16-14-17-10-13(19-14)11-18(4)12-6-8-15(2,3)9-7-12/h10,12H,5-9,11H2,1-4H3,(H,16,17). The van der Waals surface area contributed by atoms with Crippen LogP contribution in [0.2, 0.25) is 0 Å². The van der Waals surface area contributed by atoms with E-state index in [-0.39, 0.29) is 0 Å². The molecule has 1 saturated carbocycles. The molecule has 0 amide bonds. The molecule has 1 aliphatic carbocycles. The second kappa shape index (κ2) is 6.23. The third kappa shape index (κ3) is 4.18. The van der Waals surface area contributed by atoms with Gasteiger partial charge in [-0.05, 0) is 45.1 Å². The molecule has 0 spiro atoms.